The summed E-state index contributed by atoms with van der Waals surface area (Å²) in [5.74, 6) is -0.155. The minimum atomic E-state index is -0.155. The van der Waals surface area contributed by atoms with Crippen LogP contribution in [0.5, 0.6) is 0 Å². The van der Waals surface area contributed by atoms with Crippen molar-refractivity contribution in [3.8, 4) is 10.6 Å². The minimum Gasteiger partial charge on any atom is -0.381 e. The first-order chi connectivity index (χ1) is 15.3. The van der Waals surface area contributed by atoms with Gasteiger partial charge >= 0.3 is 0 Å². The molecule has 4 aromatic rings. The highest BCUT2D eigenvalue weighted by atomic mass is 32.1. The molecular formula is C22H22N6O2S. The summed E-state index contributed by atoms with van der Waals surface area (Å²) in [5, 5.41) is 5.91. The normalized spacial score (nSPS) is 14.7. The second kappa shape index (κ2) is 8.91. The quantitative estimate of drug-likeness (QED) is 0.500. The van der Waals surface area contributed by atoms with Crippen LogP contribution < -0.4 is 5.32 Å². The molecule has 158 valence electrons. The summed E-state index contributed by atoms with van der Waals surface area (Å²) in [6.45, 7) is 2.02. The maximum Gasteiger partial charge on any atom is 0.252 e. The molecule has 0 spiro atoms. The molecule has 0 atom stereocenters. The number of rotatable bonds is 6. The van der Waals surface area contributed by atoms with E-state index in [0.717, 1.165) is 53.5 Å². The fraction of sp³-hybridized carbons (Fsp3) is 0.318. The van der Waals surface area contributed by atoms with E-state index >= 15 is 0 Å². The van der Waals surface area contributed by atoms with Gasteiger partial charge in [-0.1, -0.05) is 0 Å². The smallest absolute Gasteiger partial charge is 0.252 e. The fourth-order valence-electron chi connectivity index (χ4n) is 3.72. The summed E-state index contributed by atoms with van der Waals surface area (Å²) in [6.07, 6.45) is 9.56. The average Bonchev–Trinajstić information content (AvgIpc) is 3.47. The van der Waals surface area contributed by atoms with Crippen molar-refractivity contribution in [2.45, 2.75) is 25.3 Å². The number of ether oxygens (including phenoxy) is 1. The van der Waals surface area contributed by atoms with Gasteiger partial charge in [0.05, 0.1) is 17.6 Å². The summed E-state index contributed by atoms with van der Waals surface area (Å²) < 4.78 is 7.54. The molecular weight excluding hydrogens is 412 g/mol. The molecule has 0 radical (unpaired) electrons. The lowest BCUT2D eigenvalue weighted by Gasteiger charge is -2.23. The van der Waals surface area contributed by atoms with Crippen molar-refractivity contribution in [3.63, 3.8) is 0 Å². The number of carbonyl (C=O) groups excluding carboxylic acids is 1. The standard InChI is InChI=1S/C22H22N6O2S/c29-21(24-7-3-17-13-31-22(27-17)15-2-1-6-23-11-15)16-10-19-20(25-12-16)28(14-26-19)18-4-8-30-9-5-18/h1-2,6,10-14,18H,3-5,7-9H2,(H,24,29). The molecule has 1 aliphatic rings. The second-order valence-corrected chi connectivity index (χ2v) is 8.31. The molecule has 0 saturated carbocycles. The molecule has 8 nitrogen and oxygen atoms in total. The number of aromatic nitrogens is 5. The van der Waals surface area contributed by atoms with Crippen LogP contribution in [0.25, 0.3) is 21.7 Å². The van der Waals surface area contributed by atoms with Gasteiger partial charge in [-0.3, -0.25) is 9.78 Å². The zero-order valence-electron chi connectivity index (χ0n) is 16.9. The van der Waals surface area contributed by atoms with Gasteiger partial charge in [-0.2, -0.15) is 0 Å². The van der Waals surface area contributed by atoms with E-state index in [4.69, 9.17) is 4.74 Å². The van der Waals surface area contributed by atoms with E-state index in [0.29, 0.717) is 24.6 Å². The number of thiazole rings is 1. The van der Waals surface area contributed by atoms with Crippen molar-refractivity contribution >= 4 is 28.4 Å². The molecule has 9 heteroatoms. The summed E-state index contributed by atoms with van der Waals surface area (Å²) in [7, 11) is 0. The maximum atomic E-state index is 12.6. The van der Waals surface area contributed by atoms with E-state index in [-0.39, 0.29) is 5.91 Å². The van der Waals surface area contributed by atoms with Gasteiger partial charge in [0.25, 0.3) is 5.91 Å². The first-order valence-corrected chi connectivity index (χ1v) is 11.2. The SMILES string of the molecule is O=C(NCCc1csc(-c2cccnc2)n1)c1cnc2c(c1)ncn2C1CCOCC1. The third-order valence-electron chi connectivity index (χ3n) is 5.39. The van der Waals surface area contributed by atoms with Crippen LogP contribution in [0.4, 0.5) is 0 Å². The Bertz CT molecular complexity index is 1180. The number of amides is 1. The molecule has 5 heterocycles. The van der Waals surface area contributed by atoms with Gasteiger partial charge in [-0.25, -0.2) is 15.0 Å². The minimum absolute atomic E-state index is 0.155. The summed E-state index contributed by atoms with van der Waals surface area (Å²) >= 11 is 1.58. The number of pyridine rings is 2. The molecule has 0 unspecified atom stereocenters. The van der Waals surface area contributed by atoms with E-state index in [2.05, 4.69) is 29.8 Å². The maximum absolute atomic E-state index is 12.6. The number of carbonyl (C=O) groups is 1. The molecule has 1 fully saturated rings. The predicted octanol–water partition coefficient (Wildman–Crippen LogP) is 3.27. The number of hydrogen-bond donors (Lipinski definition) is 1. The first kappa shape index (κ1) is 19.8. The Hall–Kier alpha value is -3.17. The van der Waals surface area contributed by atoms with Crippen molar-refractivity contribution in [2.75, 3.05) is 19.8 Å². The Labute approximate surface area is 183 Å². The molecule has 1 saturated heterocycles. The van der Waals surface area contributed by atoms with Crippen LogP contribution in [0, 0.1) is 0 Å². The van der Waals surface area contributed by atoms with Crippen LogP contribution in [-0.4, -0.2) is 50.2 Å². The van der Waals surface area contributed by atoms with Gasteiger partial charge in [0.1, 0.15) is 10.5 Å². The molecule has 5 rings (SSSR count). The molecule has 0 aliphatic carbocycles. The van der Waals surface area contributed by atoms with Crippen LogP contribution in [0.3, 0.4) is 0 Å². The number of imidazole rings is 1. The van der Waals surface area contributed by atoms with E-state index in [1.165, 1.54) is 0 Å². The third kappa shape index (κ3) is 4.33. The Balaban J connectivity index is 1.20. The number of hydrogen-bond acceptors (Lipinski definition) is 7. The Morgan fingerprint density at radius 3 is 3.00 bits per heavy atom. The zero-order chi connectivity index (χ0) is 21.0. The molecule has 0 bridgehead atoms. The van der Waals surface area contributed by atoms with E-state index in [1.807, 2.05) is 23.8 Å². The lowest BCUT2D eigenvalue weighted by atomic mass is 10.1. The van der Waals surface area contributed by atoms with Crippen LogP contribution >= 0.6 is 11.3 Å². The predicted molar refractivity (Wildman–Crippen MR) is 118 cm³/mol. The summed E-state index contributed by atoms with van der Waals surface area (Å²) in [5.41, 5.74) is 4.02. The van der Waals surface area contributed by atoms with E-state index in [1.54, 1.807) is 36.0 Å². The van der Waals surface area contributed by atoms with Gasteiger partial charge in [0.15, 0.2) is 5.65 Å². The highest BCUT2D eigenvalue weighted by Gasteiger charge is 2.19. The van der Waals surface area contributed by atoms with Crippen LogP contribution in [-0.2, 0) is 11.2 Å². The summed E-state index contributed by atoms with van der Waals surface area (Å²) in [4.78, 5) is 30.3. The highest BCUT2D eigenvalue weighted by Crippen LogP contribution is 2.25. The van der Waals surface area contributed by atoms with Gasteiger partial charge in [0.2, 0.25) is 0 Å². The average molecular weight is 435 g/mol. The molecule has 0 aromatic carbocycles. The Morgan fingerprint density at radius 2 is 2.16 bits per heavy atom. The number of fused-ring (bicyclic) bond motifs is 1. The largest absolute Gasteiger partial charge is 0.381 e. The van der Waals surface area contributed by atoms with Gasteiger partial charge in [0, 0.05) is 61.8 Å². The van der Waals surface area contributed by atoms with E-state index < -0.39 is 0 Å². The van der Waals surface area contributed by atoms with Crippen LogP contribution in [0.1, 0.15) is 34.9 Å². The van der Waals surface area contributed by atoms with Gasteiger partial charge < -0.3 is 14.6 Å². The first-order valence-electron chi connectivity index (χ1n) is 10.3. The lowest BCUT2D eigenvalue weighted by molar-refractivity contribution is 0.0704. The fourth-order valence-corrected chi connectivity index (χ4v) is 4.57. The Kier molecular flexibility index (Phi) is 5.68. The zero-order valence-corrected chi connectivity index (χ0v) is 17.7. The van der Waals surface area contributed by atoms with Crippen molar-refractivity contribution < 1.29 is 9.53 Å². The molecule has 4 aromatic heterocycles. The molecule has 31 heavy (non-hydrogen) atoms. The van der Waals surface area contributed by atoms with Crippen LogP contribution in [0.15, 0.2) is 48.5 Å². The molecule has 1 amide bonds. The lowest BCUT2D eigenvalue weighted by Crippen LogP contribution is -2.26. The second-order valence-electron chi connectivity index (χ2n) is 7.45. The van der Waals surface area contributed by atoms with Crippen LogP contribution in [0.2, 0.25) is 0 Å². The van der Waals surface area contributed by atoms with Crippen molar-refractivity contribution in [2.24, 2.45) is 0 Å². The molecule has 1 aliphatic heterocycles. The highest BCUT2D eigenvalue weighted by molar-refractivity contribution is 7.13. The number of nitrogens with one attached hydrogen (secondary N) is 1. The van der Waals surface area contributed by atoms with Gasteiger partial charge in [-0.05, 0) is 31.0 Å². The monoisotopic (exact) mass is 434 g/mol. The van der Waals surface area contributed by atoms with Crippen molar-refractivity contribution in [1.29, 1.82) is 0 Å². The third-order valence-corrected chi connectivity index (χ3v) is 6.33. The Morgan fingerprint density at radius 1 is 1.26 bits per heavy atom. The van der Waals surface area contributed by atoms with Gasteiger partial charge in [-0.15, -0.1) is 11.3 Å². The molecule has 1 N–H and O–H groups in total. The summed E-state index contributed by atoms with van der Waals surface area (Å²) in [6, 6.07) is 6.04. The van der Waals surface area contributed by atoms with Crippen molar-refractivity contribution in [3.05, 3.63) is 59.8 Å². The van der Waals surface area contributed by atoms with E-state index in [9.17, 15) is 4.79 Å². The van der Waals surface area contributed by atoms with Crippen molar-refractivity contribution in [1.82, 2.24) is 29.8 Å². The number of nitrogens with zero attached hydrogens (tertiary/aromatic N) is 5. The topological polar surface area (TPSA) is 94.8 Å².